The first-order valence-electron chi connectivity index (χ1n) is 10.4. The summed E-state index contributed by atoms with van der Waals surface area (Å²) in [7, 11) is 0. The van der Waals surface area contributed by atoms with E-state index in [9.17, 15) is 18.7 Å². The Kier molecular flexibility index (Phi) is 5.42. The number of nitrogens with zero attached hydrogens (tertiary/aromatic N) is 5. The van der Waals surface area contributed by atoms with Gasteiger partial charge in [0.15, 0.2) is 5.82 Å². The van der Waals surface area contributed by atoms with Crippen molar-refractivity contribution in [3.05, 3.63) is 40.3 Å². The number of hydrogen-bond acceptors (Lipinski definition) is 6. The van der Waals surface area contributed by atoms with Gasteiger partial charge in [-0.25, -0.2) is 23.5 Å². The summed E-state index contributed by atoms with van der Waals surface area (Å²) in [5, 5.41) is 14.1. The maximum absolute atomic E-state index is 13.5. The molecule has 0 amide bonds. The fourth-order valence-corrected chi connectivity index (χ4v) is 4.60. The Labute approximate surface area is 186 Å². The van der Waals surface area contributed by atoms with Crippen LogP contribution in [-0.4, -0.2) is 50.6 Å². The molecule has 0 spiro atoms. The molecule has 2 aliphatic heterocycles. The van der Waals surface area contributed by atoms with E-state index in [1.165, 1.54) is 12.1 Å². The monoisotopic (exact) mass is 463 g/mol. The van der Waals surface area contributed by atoms with E-state index in [0.717, 1.165) is 12.8 Å². The highest BCUT2D eigenvalue weighted by Gasteiger charge is 2.30. The van der Waals surface area contributed by atoms with Gasteiger partial charge in [0, 0.05) is 19.8 Å². The first-order chi connectivity index (χ1) is 15.4. The molecule has 3 aromatic heterocycles. The van der Waals surface area contributed by atoms with Crippen molar-refractivity contribution in [2.45, 2.75) is 38.2 Å². The molecule has 0 atom stereocenters. The molecular weight excluding hydrogens is 444 g/mol. The lowest BCUT2D eigenvalue weighted by atomic mass is 10.1. The van der Waals surface area contributed by atoms with Gasteiger partial charge in [0.25, 0.3) is 6.43 Å². The Balaban J connectivity index is 1.70. The number of carboxylic acids is 1. The fourth-order valence-electron chi connectivity index (χ4n) is 4.36. The zero-order valence-electron chi connectivity index (χ0n) is 17.0. The predicted octanol–water partition coefficient (Wildman–Crippen LogP) is 4.55. The van der Waals surface area contributed by atoms with Gasteiger partial charge in [-0.1, -0.05) is 11.6 Å². The van der Waals surface area contributed by atoms with Crippen LogP contribution in [0.3, 0.4) is 0 Å². The number of aryl methyl sites for hydroxylation is 1. The van der Waals surface area contributed by atoms with Gasteiger partial charge in [0.2, 0.25) is 0 Å². The number of anilines is 2. The maximum atomic E-state index is 13.5. The zero-order chi connectivity index (χ0) is 22.4. The topological polar surface area (TPSA) is 93.4 Å². The van der Waals surface area contributed by atoms with E-state index in [1.54, 1.807) is 11.0 Å². The summed E-state index contributed by atoms with van der Waals surface area (Å²) in [5.41, 5.74) is 1.76. The molecule has 5 rings (SSSR count). The Morgan fingerprint density at radius 2 is 2.03 bits per heavy atom. The van der Waals surface area contributed by atoms with Gasteiger partial charge in [-0.05, 0) is 43.9 Å². The summed E-state index contributed by atoms with van der Waals surface area (Å²) in [6.07, 6.45) is 0.0774. The molecule has 0 aromatic carbocycles. The fraction of sp³-hybridized carbons (Fsp3) is 0.429. The first-order valence-corrected chi connectivity index (χ1v) is 10.8. The van der Waals surface area contributed by atoms with Crippen molar-refractivity contribution in [2.24, 2.45) is 0 Å². The molecule has 0 saturated carbocycles. The van der Waals surface area contributed by atoms with Crippen LogP contribution in [0.15, 0.2) is 18.2 Å². The number of carboxylic acid groups (broad SMARTS) is 1. The molecule has 1 saturated heterocycles. The molecular formula is C21H20ClF2N5O3. The van der Waals surface area contributed by atoms with Crippen molar-refractivity contribution in [1.82, 2.24) is 19.7 Å². The van der Waals surface area contributed by atoms with E-state index in [2.05, 4.69) is 9.97 Å². The normalized spacial score (nSPS) is 17.2. The van der Waals surface area contributed by atoms with Crippen molar-refractivity contribution >= 4 is 40.1 Å². The van der Waals surface area contributed by atoms with E-state index < -0.39 is 12.4 Å². The Morgan fingerprint density at radius 3 is 2.75 bits per heavy atom. The van der Waals surface area contributed by atoms with Crippen molar-refractivity contribution in [3.8, 4) is 0 Å². The molecule has 8 nitrogen and oxygen atoms in total. The van der Waals surface area contributed by atoms with Gasteiger partial charge in [0.05, 0.1) is 28.5 Å². The number of carbonyl (C=O) groups is 1. The number of rotatable bonds is 4. The number of alkyl halides is 2. The van der Waals surface area contributed by atoms with Crippen molar-refractivity contribution in [2.75, 3.05) is 24.7 Å². The molecule has 168 valence electrons. The lowest BCUT2D eigenvalue weighted by Crippen LogP contribution is -2.27. The van der Waals surface area contributed by atoms with Crippen LogP contribution >= 0.6 is 11.6 Å². The number of pyridine rings is 2. The van der Waals surface area contributed by atoms with Crippen LogP contribution in [0.2, 0.25) is 5.15 Å². The number of hydrogen-bond donors (Lipinski definition) is 1. The summed E-state index contributed by atoms with van der Waals surface area (Å²) >= 11 is 5.99. The highest BCUT2D eigenvalue weighted by atomic mass is 35.5. The zero-order valence-corrected chi connectivity index (χ0v) is 17.7. The SMILES string of the molecule is O=C(O)c1ccc2c(n1)c(N1CCCc3nc(Cl)c(C(F)F)cc31)nn2C1CCOCC1. The number of aromatic nitrogens is 4. The largest absolute Gasteiger partial charge is 0.477 e. The van der Waals surface area contributed by atoms with Crippen molar-refractivity contribution in [3.63, 3.8) is 0 Å². The second-order valence-electron chi connectivity index (χ2n) is 7.87. The highest BCUT2D eigenvalue weighted by Crippen LogP contribution is 2.40. The van der Waals surface area contributed by atoms with Gasteiger partial charge in [0.1, 0.15) is 16.4 Å². The number of halogens is 3. The number of fused-ring (bicyclic) bond motifs is 2. The van der Waals surface area contributed by atoms with E-state index in [0.29, 0.717) is 60.8 Å². The lowest BCUT2D eigenvalue weighted by molar-refractivity contribution is 0.0675. The maximum Gasteiger partial charge on any atom is 0.354 e. The number of ether oxygens (including phenoxy) is 1. The Morgan fingerprint density at radius 1 is 1.25 bits per heavy atom. The number of aromatic carboxylic acids is 1. The molecule has 3 aromatic rings. The predicted molar refractivity (Wildman–Crippen MR) is 113 cm³/mol. The standard InChI is InChI=1S/C21H20ClF2N5O3/c22-18-12(19(23)24)10-16-13(26-18)2-1-7-28(16)20-17-15(4-3-14(25-17)21(30)31)29(27-20)11-5-8-32-9-6-11/h3-4,10-11,19H,1-2,5-9H2,(H,30,31). The van der Waals surface area contributed by atoms with Gasteiger partial charge in [-0.15, -0.1) is 0 Å². The summed E-state index contributed by atoms with van der Waals surface area (Å²) in [6.45, 7) is 1.72. The molecule has 0 aliphatic carbocycles. The lowest BCUT2D eigenvalue weighted by Gasteiger charge is -2.29. The molecule has 32 heavy (non-hydrogen) atoms. The van der Waals surface area contributed by atoms with Crippen LogP contribution in [0.5, 0.6) is 0 Å². The minimum absolute atomic E-state index is 0.0710. The quantitative estimate of drug-likeness (QED) is 0.567. The molecule has 5 heterocycles. The Bertz CT molecular complexity index is 1200. The molecule has 1 N–H and O–H groups in total. The first kappa shape index (κ1) is 21.0. The average molecular weight is 464 g/mol. The third-order valence-corrected chi connectivity index (χ3v) is 6.23. The second kappa shape index (κ2) is 8.25. The van der Waals surface area contributed by atoms with Crippen molar-refractivity contribution in [1.29, 1.82) is 0 Å². The van der Waals surface area contributed by atoms with Crippen LogP contribution < -0.4 is 4.90 Å². The minimum atomic E-state index is -2.77. The van der Waals surface area contributed by atoms with Crippen molar-refractivity contribution < 1.29 is 23.4 Å². The third kappa shape index (κ3) is 3.57. The van der Waals surface area contributed by atoms with Crippen LogP contribution in [-0.2, 0) is 11.2 Å². The summed E-state index contributed by atoms with van der Waals surface area (Å²) in [4.78, 5) is 21.9. The van der Waals surface area contributed by atoms with Gasteiger partial charge in [-0.3, -0.25) is 4.68 Å². The van der Waals surface area contributed by atoms with Gasteiger partial charge in [-0.2, -0.15) is 5.10 Å². The summed E-state index contributed by atoms with van der Waals surface area (Å²) in [6, 6.07) is 4.58. The third-order valence-electron chi connectivity index (χ3n) is 5.93. The van der Waals surface area contributed by atoms with Crippen LogP contribution in [0.25, 0.3) is 11.0 Å². The molecule has 1 fully saturated rings. The molecule has 0 radical (unpaired) electrons. The minimum Gasteiger partial charge on any atom is -0.477 e. The summed E-state index contributed by atoms with van der Waals surface area (Å²) < 4.78 is 34.4. The van der Waals surface area contributed by atoms with E-state index >= 15 is 0 Å². The molecule has 2 aliphatic rings. The van der Waals surface area contributed by atoms with E-state index in [1.807, 2.05) is 4.68 Å². The van der Waals surface area contributed by atoms with E-state index in [-0.39, 0.29) is 22.5 Å². The molecule has 11 heteroatoms. The van der Waals surface area contributed by atoms with Crippen LogP contribution in [0.1, 0.15) is 53.5 Å². The molecule has 0 bridgehead atoms. The second-order valence-corrected chi connectivity index (χ2v) is 8.23. The van der Waals surface area contributed by atoms with Crippen LogP contribution in [0.4, 0.5) is 20.3 Å². The smallest absolute Gasteiger partial charge is 0.354 e. The highest BCUT2D eigenvalue weighted by molar-refractivity contribution is 6.30. The van der Waals surface area contributed by atoms with Gasteiger partial charge < -0.3 is 14.7 Å². The van der Waals surface area contributed by atoms with Gasteiger partial charge >= 0.3 is 5.97 Å². The Hall–Kier alpha value is -2.85. The average Bonchev–Trinajstić information content (AvgIpc) is 3.17. The molecule has 0 unspecified atom stereocenters. The van der Waals surface area contributed by atoms with E-state index in [4.69, 9.17) is 21.4 Å². The summed E-state index contributed by atoms with van der Waals surface area (Å²) in [5.74, 6) is -0.718. The van der Waals surface area contributed by atoms with Crippen LogP contribution in [0, 0.1) is 0 Å².